The molecular weight excluding hydrogens is 473 g/mol. The first-order valence-corrected chi connectivity index (χ1v) is 13.2. The number of thioether (sulfide) groups is 1. The summed E-state index contributed by atoms with van der Waals surface area (Å²) < 4.78 is 20.6. The number of aliphatic imine (C=N–C) groups is 1. The van der Waals surface area contributed by atoms with Gasteiger partial charge in [0, 0.05) is 43.6 Å². The Kier molecular flexibility index (Phi) is 8.00. The van der Waals surface area contributed by atoms with Crippen molar-refractivity contribution in [2.75, 3.05) is 31.7 Å². The van der Waals surface area contributed by atoms with E-state index in [0.717, 1.165) is 35.5 Å². The molecule has 2 aromatic carbocycles. The minimum absolute atomic E-state index is 0.163. The second-order valence-corrected chi connectivity index (χ2v) is 10.7. The van der Waals surface area contributed by atoms with Gasteiger partial charge in [0.25, 0.3) is 5.91 Å². The lowest BCUT2D eigenvalue weighted by Crippen LogP contribution is -2.45. The van der Waals surface area contributed by atoms with E-state index in [0.29, 0.717) is 35.2 Å². The number of amides is 1. The number of allylic oxidation sites excluding steroid dienone is 1. The third kappa shape index (κ3) is 5.42. The molecule has 4 rings (SSSR count). The highest BCUT2D eigenvalue weighted by Gasteiger charge is 2.34. The predicted octanol–water partition coefficient (Wildman–Crippen LogP) is 6.88. The van der Waals surface area contributed by atoms with Crippen molar-refractivity contribution in [2.24, 2.45) is 4.99 Å². The largest absolute Gasteiger partial charge is 0.385 e. The second kappa shape index (κ2) is 11.0. The minimum Gasteiger partial charge on any atom is -0.385 e. The van der Waals surface area contributed by atoms with E-state index in [4.69, 9.17) is 9.73 Å². The van der Waals surface area contributed by atoms with Gasteiger partial charge in [-0.25, -0.2) is 9.38 Å². The van der Waals surface area contributed by atoms with Gasteiger partial charge < -0.3 is 9.64 Å². The number of nitrogens with zero attached hydrogens (tertiary/aromatic N) is 3. The molecule has 0 radical (unpaired) electrons. The minimum atomic E-state index is -0.333. The van der Waals surface area contributed by atoms with E-state index in [-0.39, 0.29) is 17.3 Å². The Morgan fingerprint density at radius 3 is 2.61 bits per heavy atom. The SMILES string of the molecule is CCCN1c2cc(F)c(/C=C3/SC(=Nc4ccccc4)N(CCCOC)C3=O)cc2C(C)=CC1(C)C. The molecule has 0 spiro atoms. The maximum atomic E-state index is 15.5. The van der Waals surface area contributed by atoms with Gasteiger partial charge in [-0.3, -0.25) is 9.69 Å². The topological polar surface area (TPSA) is 45.1 Å². The van der Waals surface area contributed by atoms with Crippen LogP contribution >= 0.6 is 11.8 Å². The number of benzene rings is 2. The van der Waals surface area contributed by atoms with Crippen LogP contribution in [0.4, 0.5) is 15.8 Å². The molecule has 1 fully saturated rings. The van der Waals surface area contributed by atoms with Crippen LogP contribution in [0.2, 0.25) is 0 Å². The van der Waals surface area contributed by atoms with E-state index in [1.165, 1.54) is 11.8 Å². The Morgan fingerprint density at radius 1 is 1.17 bits per heavy atom. The Hall–Kier alpha value is -2.90. The van der Waals surface area contributed by atoms with Crippen LogP contribution in [0.5, 0.6) is 0 Å². The molecule has 2 aromatic rings. The summed E-state index contributed by atoms with van der Waals surface area (Å²) in [7, 11) is 1.64. The molecule has 1 saturated heterocycles. The van der Waals surface area contributed by atoms with Gasteiger partial charge in [0.2, 0.25) is 0 Å². The number of methoxy groups -OCH3 is 1. The lowest BCUT2D eigenvalue weighted by molar-refractivity contribution is -0.122. The standard InChI is InChI=1S/C29H34FN3O2S/c1-6-13-33-25-18-24(30)21(16-23(25)20(2)19-29(33,3)4)17-26-27(34)32(14-10-15-35-5)28(36-26)31-22-11-8-7-9-12-22/h7-9,11-12,16-19H,6,10,13-15H2,1-5H3/b26-17+,31-28?. The van der Waals surface area contributed by atoms with Crippen molar-refractivity contribution in [1.29, 1.82) is 0 Å². The van der Waals surface area contributed by atoms with E-state index in [1.807, 2.05) is 36.4 Å². The van der Waals surface area contributed by atoms with Gasteiger partial charge in [0.15, 0.2) is 5.17 Å². The monoisotopic (exact) mass is 507 g/mol. The van der Waals surface area contributed by atoms with Crippen molar-refractivity contribution in [1.82, 2.24) is 4.90 Å². The van der Waals surface area contributed by atoms with Crippen LogP contribution in [-0.2, 0) is 9.53 Å². The summed E-state index contributed by atoms with van der Waals surface area (Å²) in [5, 5.41) is 0.596. The van der Waals surface area contributed by atoms with Crippen molar-refractivity contribution in [3.63, 3.8) is 0 Å². The number of amidine groups is 1. The molecule has 36 heavy (non-hydrogen) atoms. The number of hydrogen-bond acceptors (Lipinski definition) is 5. The highest BCUT2D eigenvalue weighted by atomic mass is 32.2. The number of fused-ring (bicyclic) bond motifs is 1. The molecule has 2 aliphatic rings. The number of halogens is 1. The van der Waals surface area contributed by atoms with Crippen molar-refractivity contribution < 1.29 is 13.9 Å². The van der Waals surface area contributed by atoms with Crippen LogP contribution in [0.15, 0.2) is 58.4 Å². The summed E-state index contributed by atoms with van der Waals surface area (Å²) in [6.45, 7) is 10.4. The fourth-order valence-electron chi connectivity index (χ4n) is 4.77. The molecule has 190 valence electrons. The molecule has 0 aromatic heterocycles. The molecule has 0 saturated carbocycles. The molecule has 0 unspecified atom stereocenters. The fourth-order valence-corrected chi connectivity index (χ4v) is 5.78. The molecule has 0 atom stereocenters. The molecular formula is C29H34FN3O2S. The zero-order valence-corrected chi connectivity index (χ0v) is 22.5. The van der Waals surface area contributed by atoms with Crippen molar-refractivity contribution >= 4 is 45.9 Å². The Morgan fingerprint density at radius 2 is 1.92 bits per heavy atom. The number of para-hydroxylation sites is 1. The third-order valence-electron chi connectivity index (χ3n) is 6.43. The number of anilines is 1. The van der Waals surface area contributed by atoms with Gasteiger partial charge in [-0.05, 0) is 81.3 Å². The highest BCUT2D eigenvalue weighted by Crippen LogP contribution is 2.41. The summed E-state index contributed by atoms with van der Waals surface area (Å²) in [5.41, 5.74) is 4.00. The summed E-state index contributed by atoms with van der Waals surface area (Å²) in [6, 6.07) is 13.0. The quantitative estimate of drug-likeness (QED) is 0.289. The smallest absolute Gasteiger partial charge is 0.266 e. The van der Waals surface area contributed by atoms with E-state index in [1.54, 1.807) is 24.2 Å². The van der Waals surface area contributed by atoms with Crippen molar-refractivity contribution in [3.05, 3.63) is 70.4 Å². The molecule has 0 bridgehead atoms. The van der Waals surface area contributed by atoms with Crippen LogP contribution in [-0.4, -0.2) is 48.3 Å². The van der Waals surface area contributed by atoms with Crippen molar-refractivity contribution in [2.45, 2.75) is 46.1 Å². The van der Waals surface area contributed by atoms with Crippen LogP contribution in [0.3, 0.4) is 0 Å². The summed E-state index contributed by atoms with van der Waals surface area (Å²) in [5.74, 6) is -0.496. The Labute approximate surface area is 217 Å². The van der Waals surface area contributed by atoms with Crippen molar-refractivity contribution in [3.8, 4) is 0 Å². The first kappa shape index (κ1) is 26.2. The highest BCUT2D eigenvalue weighted by molar-refractivity contribution is 8.18. The molecule has 0 N–H and O–H groups in total. The lowest BCUT2D eigenvalue weighted by Gasteiger charge is -2.43. The summed E-state index contributed by atoms with van der Waals surface area (Å²) in [6.07, 6.45) is 5.55. The van der Waals surface area contributed by atoms with Gasteiger partial charge in [-0.15, -0.1) is 0 Å². The van der Waals surface area contributed by atoms with Gasteiger partial charge in [-0.2, -0.15) is 0 Å². The third-order valence-corrected chi connectivity index (χ3v) is 7.44. The maximum Gasteiger partial charge on any atom is 0.266 e. The Balaban J connectivity index is 1.71. The van der Waals surface area contributed by atoms with E-state index >= 15 is 4.39 Å². The van der Waals surface area contributed by atoms with Crippen LogP contribution in [0, 0.1) is 5.82 Å². The average molecular weight is 508 g/mol. The molecule has 5 nitrogen and oxygen atoms in total. The zero-order valence-electron chi connectivity index (χ0n) is 21.7. The summed E-state index contributed by atoms with van der Waals surface area (Å²) in [4.78, 5) is 22.5. The molecule has 2 heterocycles. The average Bonchev–Trinajstić information content (AvgIpc) is 3.12. The first-order chi connectivity index (χ1) is 17.2. The zero-order chi connectivity index (χ0) is 25.9. The van der Waals surface area contributed by atoms with Crippen LogP contribution in [0.1, 0.15) is 51.7 Å². The number of ether oxygens (including phenoxy) is 1. The maximum absolute atomic E-state index is 15.5. The molecule has 7 heteroatoms. The number of hydrogen-bond donors (Lipinski definition) is 0. The van der Waals surface area contributed by atoms with E-state index < -0.39 is 0 Å². The van der Waals surface area contributed by atoms with E-state index in [9.17, 15) is 4.79 Å². The predicted molar refractivity (Wildman–Crippen MR) is 149 cm³/mol. The molecule has 0 aliphatic carbocycles. The van der Waals surface area contributed by atoms with Gasteiger partial charge >= 0.3 is 0 Å². The lowest BCUT2D eigenvalue weighted by atomic mass is 9.87. The Bertz CT molecular complexity index is 1220. The second-order valence-electron chi connectivity index (χ2n) is 9.67. The van der Waals surface area contributed by atoms with Crippen LogP contribution < -0.4 is 4.90 Å². The summed E-state index contributed by atoms with van der Waals surface area (Å²) >= 11 is 1.28. The number of carbonyl (C=O) groups excluding carboxylic acids is 1. The number of rotatable bonds is 8. The molecule has 1 amide bonds. The van der Waals surface area contributed by atoms with Gasteiger partial charge in [0.05, 0.1) is 16.1 Å². The first-order valence-electron chi connectivity index (χ1n) is 12.4. The number of carbonyl (C=O) groups is 1. The normalized spacial score (nSPS) is 19.3. The fraction of sp³-hybridized carbons (Fsp3) is 0.379. The van der Waals surface area contributed by atoms with Gasteiger partial charge in [-0.1, -0.05) is 31.2 Å². The van der Waals surface area contributed by atoms with E-state index in [2.05, 4.69) is 38.7 Å². The molecule has 2 aliphatic heterocycles. The van der Waals surface area contributed by atoms with Crippen LogP contribution in [0.25, 0.3) is 11.6 Å². The van der Waals surface area contributed by atoms with Gasteiger partial charge in [0.1, 0.15) is 5.82 Å².